The molecule has 0 spiro atoms. The number of nitrogens with one attached hydrogen (secondary N) is 2. The van der Waals surface area contributed by atoms with Crippen LogP contribution in [0, 0.1) is 0 Å². The van der Waals surface area contributed by atoms with Gasteiger partial charge in [0.25, 0.3) is 5.91 Å². The van der Waals surface area contributed by atoms with E-state index in [0.717, 1.165) is 11.5 Å². The molecule has 2 N–H and O–H groups in total. The van der Waals surface area contributed by atoms with Crippen molar-refractivity contribution < 1.29 is 4.79 Å². The Morgan fingerprint density at radius 2 is 2.28 bits per heavy atom. The summed E-state index contributed by atoms with van der Waals surface area (Å²) in [7, 11) is 3.39. The Balaban J connectivity index is 2.05. The van der Waals surface area contributed by atoms with Crippen LogP contribution in [0.1, 0.15) is 16.3 Å². The molecule has 7 nitrogen and oxygen atoms in total. The number of hydrogen-bond acceptors (Lipinski definition) is 5. The number of amides is 1. The first kappa shape index (κ1) is 12.0. The summed E-state index contributed by atoms with van der Waals surface area (Å²) in [5.74, 6) is 0.602. The highest BCUT2D eigenvalue weighted by molar-refractivity contribution is 5.92. The van der Waals surface area contributed by atoms with E-state index in [-0.39, 0.29) is 5.91 Å². The van der Waals surface area contributed by atoms with Crippen LogP contribution in [-0.2, 0) is 6.54 Å². The van der Waals surface area contributed by atoms with Gasteiger partial charge in [-0.1, -0.05) is 0 Å². The lowest BCUT2D eigenvalue weighted by molar-refractivity contribution is 0.0822. The molecule has 2 heterocycles. The van der Waals surface area contributed by atoms with Gasteiger partial charge in [-0.2, -0.15) is 5.10 Å². The van der Waals surface area contributed by atoms with Crippen molar-refractivity contribution in [3.05, 3.63) is 36.2 Å². The molecule has 0 radical (unpaired) electrons. The number of rotatable bonds is 4. The second kappa shape index (κ2) is 5.26. The zero-order chi connectivity index (χ0) is 13.0. The maximum Gasteiger partial charge on any atom is 0.272 e. The first-order valence-corrected chi connectivity index (χ1v) is 5.42. The molecule has 0 aliphatic rings. The Labute approximate surface area is 104 Å². The van der Waals surface area contributed by atoms with Gasteiger partial charge in [0.2, 0.25) is 0 Å². The number of carbonyl (C=O) groups excluding carboxylic acids is 1. The van der Waals surface area contributed by atoms with Crippen molar-refractivity contribution >= 4 is 11.6 Å². The van der Waals surface area contributed by atoms with E-state index >= 15 is 0 Å². The lowest BCUT2D eigenvalue weighted by atomic mass is 10.3. The molecule has 18 heavy (non-hydrogen) atoms. The van der Waals surface area contributed by atoms with Crippen molar-refractivity contribution in [3.8, 4) is 0 Å². The first-order chi connectivity index (χ1) is 8.66. The molecular formula is C11H14N6O. The van der Waals surface area contributed by atoms with Crippen molar-refractivity contribution in [2.75, 3.05) is 19.4 Å². The highest BCUT2D eigenvalue weighted by Crippen LogP contribution is 2.09. The van der Waals surface area contributed by atoms with E-state index in [2.05, 4.69) is 25.5 Å². The molecule has 0 aromatic carbocycles. The standard InChI is InChI=1S/C11H14N6O/c1-17(2)11(18)9-5-8(3-4-12-9)13-6-10-14-7-15-16-10/h3-5,7H,6H2,1-2H3,(H,12,13)(H,14,15,16). The highest BCUT2D eigenvalue weighted by Gasteiger charge is 2.09. The van der Waals surface area contributed by atoms with Gasteiger partial charge in [0.15, 0.2) is 0 Å². The number of pyridine rings is 1. The summed E-state index contributed by atoms with van der Waals surface area (Å²) in [6.45, 7) is 0.514. The molecule has 2 rings (SSSR count). The number of hydrogen-bond donors (Lipinski definition) is 2. The minimum atomic E-state index is -0.127. The summed E-state index contributed by atoms with van der Waals surface area (Å²) in [5.41, 5.74) is 1.22. The van der Waals surface area contributed by atoms with E-state index < -0.39 is 0 Å². The lowest BCUT2D eigenvalue weighted by Gasteiger charge is -2.10. The summed E-state index contributed by atoms with van der Waals surface area (Å²) in [4.78, 5) is 21.3. The maximum absolute atomic E-state index is 11.7. The minimum Gasteiger partial charge on any atom is -0.378 e. The number of H-pyrrole nitrogens is 1. The van der Waals surface area contributed by atoms with Gasteiger partial charge in [-0.3, -0.25) is 14.9 Å². The van der Waals surface area contributed by atoms with Crippen molar-refractivity contribution in [1.29, 1.82) is 0 Å². The first-order valence-electron chi connectivity index (χ1n) is 5.42. The third kappa shape index (κ3) is 2.82. The predicted molar refractivity (Wildman–Crippen MR) is 66.0 cm³/mol. The SMILES string of the molecule is CN(C)C(=O)c1cc(NCc2ncn[nH]2)ccn1. The average molecular weight is 246 g/mol. The Hall–Kier alpha value is -2.44. The fraction of sp³-hybridized carbons (Fsp3) is 0.273. The smallest absolute Gasteiger partial charge is 0.272 e. The van der Waals surface area contributed by atoms with Crippen molar-refractivity contribution in [3.63, 3.8) is 0 Å². The Morgan fingerprint density at radius 3 is 2.94 bits per heavy atom. The third-order valence-electron chi connectivity index (χ3n) is 2.31. The van der Waals surface area contributed by atoms with Gasteiger partial charge in [-0.15, -0.1) is 0 Å². The molecule has 0 aliphatic heterocycles. The highest BCUT2D eigenvalue weighted by atomic mass is 16.2. The number of carbonyl (C=O) groups is 1. The summed E-state index contributed by atoms with van der Waals surface area (Å²) in [5, 5.41) is 9.64. The molecule has 0 bridgehead atoms. The second-order valence-electron chi connectivity index (χ2n) is 3.92. The number of aromatic amines is 1. The Bertz CT molecular complexity index is 522. The van der Waals surface area contributed by atoms with Crippen LogP contribution >= 0.6 is 0 Å². The monoisotopic (exact) mass is 246 g/mol. The minimum absolute atomic E-state index is 0.127. The largest absolute Gasteiger partial charge is 0.378 e. The molecule has 7 heteroatoms. The van der Waals surface area contributed by atoms with Gasteiger partial charge in [0, 0.05) is 26.0 Å². The van der Waals surface area contributed by atoms with E-state index in [0.29, 0.717) is 12.2 Å². The summed E-state index contributed by atoms with van der Waals surface area (Å²) in [6.07, 6.45) is 3.05. The third-order valence-corrected chi connectivity index (χ3v) is 2.31. The molecule has 0 aliphatic carbocycles. The zero-order valence-corrected chi connectivity index (χ0v) is 10.2. The topological polar surface area (TPSA) is 86.8 Å². The van der Waals surface area contributed by atoms with Crippen LogP contribution in [0.25, 0.3) is 0 Å². The summed E-state index contributed by atoms with van der Waals surface area (Å²) >= 11 is 0. The molecule has 2 aromatic heterocycles. The van der Waals surface area contributed by atoms with Gasteiger partial charge in [0.1, 0.15) is 17.8 Å². The normalized spacial score (nSPS) is 10.1. The van der Waals surface area contributed by atoms with Crippen LogP contribution in [0.4, 0.5) is 5.69 Å². The molecule has 0 saturated carbocycles. The molecule has 0 atom stereocenters. The van der Waals surface area contributed by atoms with E-state index in [1.165, 1.54) is 11.2 Å². The van der Waals surface area contributed by atoms with Crippen LogP contribution in [0.15, 0.2) is 24.7 Å². The molecular weight excluding hydrogens is 232 g/mol. The molecule has 0 fully saturated rings. The molecule has 0 saturated heterocycles. The van der Waals surface area contributed by atoms with Crippen LogP contribution in [0.2, 0.25) is 0 Å². The molecule has 2 aromatic rings. The number of aromatic nitrogens is 4. The second-order valence-corrected chi connectivity index (χ2v) is 3.92. The van der Waals surface area contributed by atoms with E-state index in [1.807, 2.05) is 0 Å². The van der Waals surface area contributed by atoms with Gasteiger partial charge < -0.3 is 10.2 Å². The van der Waals surface area contributed by atoms with Gasteiger partial charge in [0.05, 0.1) is 6.54 Å². The quantitative estimate of drug-likeness (QED) is 0.821. The zero-order valence-electron chi connectivity index (χ0n) is 10.2. The van der Waals surface area contributed by atoms with E-state index in [1.54, 1.807) is 32.4 Å². The number of nitrogens with zero attached hydrogens (tertiary/aromatic N) is 4. The van der Waals surface area contributed by atoms with Crippen molar-refractivity contribution in [1.82, 2.24) is 25.1 Å². The van der Waals surface area contributed by atoms with Crippen molar-refractivity contribution in [2.24, 2.45) is 0 Å². The Kier molecular flexibility index (Phi) is 3.52. The van der Waals surface area contributed by atoms with E-state index in [9.17, 15) is 4.79 Å². The van der Waals surface area contributed by atoms with Crippen molar-refractivity contribution in [2.45, 2.75) is 6.54 Å². The Morgan fingerprint density at radius 1 is 1.44 bits per heavy atom. The summed E-state index contributed by atoms with van der Waals surface area (Å²) in [6, 6.07) is 3.50. The fourth-order valence-electron chi connectivity index (χ4n) is 1.39. The molecule has 0 unspecified atom stereocenters. The van der Waals surface area contributed by atoms with Gasteiger partial charge in [-0.05, 0) is 12.1 Å². The van der Waals surface area contributed by atoms with E-state index in [4.69, 9.17) is 0 Å². The fourth-order valence-corrected chi connectivity index (χ4v) is 1.39. The van der Waals surface area contributed by atoms with Crippen LogP contribution in [0.3, 0.4) is 0 Å². The summed E-state index contributed by atoms with van der Waals surface area (Å²) < 4.78 is 0. The molecule has 1 amide bonds. The predicted octanol–water partition coefficient (Wildman–Crippen LogP) is 0.514. The maximum atomic E-state index is 11.7. The van der Waals surface area contributed by atoms with Gasteiger partial charge in [-0.25, -0.2) is 4.98 Å². The van der Waals surface area contributed by atoms with Crippen LogP contribution in [0.5, 0.6) is 0 Å². The molecule has 94 valence electrons. The lowest BCUT2D eigenvalue weighted by Crippen LogP contribution is -2.22. The number of anilines is 1. The van der Waals surface area contributed by atoms with Gasteiger partial charge >= 0.3 is 0 Å². The van der Waals surface area contributed by atoms with Crippen LogP contribution in [-0.4, -0.2) is 45.1 Å². The van der Waals surface area contributed by atoms with Crippen LogP contribution < -0.4 is 5.32 Å². The average Bonchev–Trinajstić information content (AvgIpc) is 2.89.